The van der Waals surface area contributed by atoms with Gasteiger partial charge in [-0.2, -0.15) is 0 Å². The second-order valence-electron chi connectivity index (χ2n) is 11.7. The summed E-state index contributed by atoms with van der Waals surface area (Å²) in [6.45, 7) is 22.1. The molecular formula is C32H41Cl2SiZr. The molecule has 0 N–H and O–H groups in total. The van der Waals surface area contributed by atoms with Crippen LogP contribution in [-0.4, -0.2) is 5.92 Å². The maximum atomic E-state index is 8.45. The summed E-state index contributed by atoms with van der Waals surface area (Å²) in [4.78, 5) is 0. The molecule has 36 heavy (non-hydrogen) atoms. The van der Waals surface area contributed by atoms with Gasteiger partial charge in [0.1, 0.15) is 0 Å². The Labute approximate surface area is 228 Å². The second kappa shape index (κ2) is 10.3. The number of rotatable bonds is 9. The van der Waals surface area contributed by atoms with Crippen LogP contribution < -0.4 is 0 Å². The van der Waals surface area contributed by atoms with Crippen molar-refractivity contribution in [1.82, 2.24) is 0 Å². The van der Waals surface area contributed by atoms with Gasteiger partial charge < -0.3 is 0 Å². The molecular weight excluding hydrogens is 575 g/mol. The number of hydrogen-bond acceptors (Lipinski definition) is 0. The van der Waals surface area contributed by atoms with E-state index in [1.54, 1.807) is 0 Å². The average molecular weight is 616 g/mol. The van der Waals surface area contributed by atoms with Crippen LogP contribution in [0.5, 0.6) is 0 Å². The summed E-state index contributed by atoms with van der Waals surface area (Å²) in [5.74, 6) is -0.773. The Morgan fingerprint density at radius 3 is 1.47 bits per heavy atom. The molecule has 4 heteroatoms. The van der Waals surface area contributed by atoms with Crippen molar-refractivity contribution in [1.29, 1.82) is 0 Å². The SMILES string of the molecule is C=CCc1cccc2c1C=C(C(C)C)[CH]2[Zr]([Cl])([Cl])([CH]1C(C(C)C)=Cc2c(CC=C)cccc21)[SiH](C)C. The summed E-state index contributed by atoms with van der Waals surface area (Å²) in [6, 6.07) is 13.5. The molecule has 2 aromatic carbocycles. The molecule has 0 radical (unpaired) electrons. The molecule has 191 valence electrons. The van der Waals surface area contributed by atoms with E-state index in [0.717, 1.165) is 12.8 Å². The molecule has 0 amide bonds. The minimum absolute atomic E-state index is 0.141. The van der Waals surface area contributed by atoms with Crippen molar-refractivity contribution in [3.05, 3.63) is 106 Å². The molecule has 2 aromatic rings. The van der Waals surface area contributed by atoms with Gasteiger partial charge in [-0.1, -0.05) is 0 Å². The quantitative estimate of drug-likeness (QED) is 0.195. The fourth-order valence-corrected chi connectivity index (χ4v) is 38.2. The van der Waals surface area contributed by atoms with Crippen molar-refractivity contribution in [2.24, 2.45) is 11.8 Å². The zero-order valence-electron chi connectivity index (χ0n) is 22.7. The van der Waals surface area contributed by atoms with E-state index in [9.17, 15) is 0 Å². The van der Waals surface area contributed by atoms with E-state index in [4.69, 9.17) is 17.0 Å². The summed E-state index contributed by atoms with van der Waals surface area (Å²) in [7, 11) is 16.9. The first kappa shape index (κ1) is 28.1. The average Bonchev–Trinajstić information content (AvgIpc) is 3.41. The third-order valence-electron chi connectivity index (χ3n) is 8.64. The summed E-state index contributed by atoms with van der Waals surface area (Å²) in [5, 5.41) is 0. The standard InChI is InChI=1S/2C15H17.C2H7Si.2ClH.Zr/c2*1-4-6-12-7-5-8-13-9-14(11(2)3)10-15(12)13;1-3-2;;;/h2*4-5,7-11H,1,6H2,2-3H3;3H,1-2H3;2*1H;/q;;;;;+2/p-2. The predicted molar refractivity (Wildman–Crippen MR) is 162 cm³/mol. The molecule has 0 saturated carbocycles. The van der Waals surface area contributed by atoms with Crippen molar-refractivity contribution in [2.45, 2.75) is 60.9 Å². The van der Waals surface area contributed by atoms with Crippen LogP contribution in [-0.2, 0) is 28.4 Å². The van der Waals surface area contributed by atoms with E-state index < -0.39 is 21.5 Å². The van der Waals surface area contributed by atoms with Gasteiger partial charge in [-0.15, -0.1) is 0 Å². The monoisotopic (exact) mass is 613 g/mol. The van der Waals surface area contributed by atoms with E-state index in [2.05, 4.69) is 102 Å². The number of allylic oxidation sites excluding steroid dienone is 4. The van der Waals surface area contributed by atoms with Gasteiger partial charge in [0.2, 0.25) is 0 Å². The topological polar surface area (TPSA) is 0 Å². The number of hydrogen-bond donors (Lipinski definition) is 0. The first-order chi connectivity index (χ1) is 17.0. The third-order valence-corrected chi connectivity index (χ3v) is 60.3. The first-order valence-corrected chi connectivity index (χ1v) is 29.7. The van der Waals surface area contributed by atoms with E-state index >= 15 is 0 Å². The zero-order valence-corrected chi connectivity index (χ0v) is 27.9. The van der Waals surface area contributed by atoms with Crippen LogP contribution in [0.3, 0.4) is 0 Å². The fourth-order valence-electron chi connectivity index (χ4n) is 6.71. The van der Waals surface area contributed by atoms with Gasteiger partial charge in [0.25, 0.3) is 0 Å². The van der Waals surface area contributed by atoms with Crippen molar-refractivity contribution in [3.63, 3.8) is 0 Å². The van der Waals surface area contributed by atoms with Gasteiger partial charge in [0.15, 0.2) is 0 Å². The molecule has 0 nitrogen and oxygen atoms in total. The van der Waals surface area contributed by atoms with Crippen LogP contribution >= 0.6 is 17.0 Å². The van der Waals surface area contributed by atoms with Crippen LogP contribution in [0.2, 0.25) is 13.1 Å². The van der Waals surface area contributed by atoms with E-state index in [0.29, 0.717) is 11.8 Å². The van der Waals surface area contributed by atoms with Crippen molar-refractivity contribution in [3.8, 4) is 0 Å². The molecule has 4 rings (SSSR count). The van der Waals surface area contributed by atoms with E-state index in [-0.39, 0.29) is 7.25 Å². The van der Waals surface area contributed by atoms with Crippen LogP contribution in [0, 0.1) is 11.8 Å². The summed E-state index contributed by atoms with van der Waals surface area (Å²) in [5.41, 5.74) is 11.0. The Kier molecular flexibility index (Phi) is 8.06. The van der Waals surface area contributed by atoms with Gasteiger partial charge in [0.05, 0.1) is 0 Å². The Hall–Kier alpha value is -0.920. The molecule has 0 spiro atoms. The molecule has 2 unspecified atom stereocenters. The summed E-state index contributed by atoms with van der Waals surface area (Å²) < 4.78 is 0.282. The van der Waals surface area contributed by atoms with E-state index in [1.807, 2.05) is 12.2 Å². The molecule has 0 aliphatic heterocycles. The third kappa shape index (κ3) is 4.29. The normalized spacial score (nSPS) is 20.1. The fraction of sp³-hybridized carbons (Fsp3) is 0.375. The van der Waals surface area contributed by atoms with Crippen molar-refractivity contribution < 1.29 is 15.6 Å². The van der Waals surface area contributed by atoms with Gasteiger partial charge in [-0.05, 0) is 0 Å². The van der Waals surface area contributed by atoms with Gasteiger partial charge in [-0.3, -0.25) is 0 Å². The van der Waals surface area contributed by atoms with Gasteiger partial charge in [-0.25, -0.2) is 0 Å². The molecule has 0 bridgehead atoms. The maximum absolute atomic E-state index is 8.45. The summed E-state index contributed by atoms with van der Waals surface area (Å²) >= 11 is -4.67. The minimum atomic E-state index is -4.67. The molecule has 0 fully saturated rings. The number of fused-ring (bicyclic) bond motifs is 2. The van der Waals surface area contributed by atoms with Crippen LogP contribution in [0.1, 0.15) is 68.3 Å². The Morgan fingerprint density at radius 1 is 0.778 bits per heavy atom. The molecule has 0 saturated heterocycles. The van der Waals surface area contributed by atoms with Crippen LogP contribution in [0.4, 0.5) is 0 Å². The molecule has 0 aromatic heterocycles. The van der Waals surface area contributed by atoms with Gasteiger partial charge >= 0.3 is 230 Å². The predicted octanol–water partition coefficient (Wildman–Crippen LogP) is 10.0. The molecule has 2 aliphatic carbocycles. The zero-order chi connectivity index (χ0) is 26.4. The molecule has 0 heterocycles. The van der Waals surface area contributed by atoms with Crippen molar-refractivity contribution >= 4 is 35.1 Å². The number of halogens is 2. The molecule has 2 aliphatic rings. The van der Waals surface area contributed by atoms with Crippen LogP contribution in [0.25, 0.3) is 12.2 Å². The Bertz CT molecular complexity index is 1170. The van der Waals surface area contributed by atoms with Crippen molar-refractivity contribution in [2.75, 3.05) is 0 Å². The molecule has 2 atom stereocenters. The Balaban J connectivity index is 2.05. The van der Waals surface area contributed by atoms with Gasteiger partial charge in [0, 0.05) is 0 Å². The van der Waals surface area contributed by atoms with Crippen LogP contribution in [0.15, 0.2) is 72.9 Å². The Morgan fingerprint density at radius 2 is 1.17 bits per heavy atom. The second-order valence-corrected chi connectivity index (χ2v) is 54.2. The first-order valence-electron chi connectivity index (χ1n) is 13.4. The number of benzene rings is 2. The summed E-state index contributed by atoms with van der Waals surface area (Å²) in [6.07, 6.45) is 10.6. The van der Waals surface area contributed by atoms with E-state index in [1.165, 1.54) is 44.5 Å².